The summed E-state index contributed by atoms with van der Waals surface area (Å²) in [5.41, 5.74) is 2.77. The van der Waals surface area contributed by atoms with Crippen LogP contribution in [-0.2, 0) is 6.54 Å². The lowest BCUT2D eigenvalue weighted by molar-refractivity contribution is 0.0809. The lowest BCUT2D eigenvalue weighted by Gasteiger charge is -2.31. The van der Waals surface area contributed by atoms with E-state index in [1.807, 2.05) is 13.0 Å². The van der Waals surface area contributed by atoms with Gasteiger partial charge in [-0.3, -0.25) is 14.8 Å². The molecule has 1 atom stereocenters. The molecule has 1 aromatic heterocycles. The number of nitrogens with zero attached hydrogens (tertiary/aromatic N) is 2. The molecule has 1 fully saturated rings. The van der Waals surface area contributed by atoms with Crippen LogP contribution in [0.4, 0.5) is 0 Å². The van der Waals surface area contributed by atoms with Crippen LogP contribution in [0, 0.1) is 12.8 Å². The minimum atomic E-state index is 0.00638. The number of carbonyl (C=O) groups is 1. The second-order valence-corrected chi connectivity index (χ2v) is 6.55. The average molecular weight is 343 g/mol. The molecule has 0 amide bonds. The molecule has 0 bridgehead atoms. The van der Waals surface area contributed by atoms with Crippen LogP contribution >= 0.6 is 0 Å². The van der Waals surface area contributed by atoms with Gasteiger partial charge in [-0.05, 0) is 50.6 Å². The van der Waals surface area contributed by atoms with Crippen molar-refractivity contribution < 1.29 is 14.3 Å². The van der Waals surface area contributed by atoms with E-state index in [0.29, 0.717) is 17.1 Å². The van der Waals surface area contributed by atoms with Crippen LogP contribution in [0.25, 0.3) is 0 Å². The fourth-order valence-electron chi connectivity index (χ4n) is 3.42. The van der Waals surface area contributed by atoms with Crippen molar-refractivity contribution in [2.45, 2.75) is 26.3 Å². The summed E-state index contributed by atoms with van der Waals surface area (Å²) in [6, 6.07) is 7.44. The topological polar surface area (TPSA) is 67.5 Å². The molecule has 1 aliphatic rings. The van der Waals surface area contributed by atoms with Crippen molar-refractivity contribution in [2.75, 3.05) is 27.3 Å². The molecule has 3 rings (SSSR count). The number of aromatic nitrogens is 2. The summed E-state index contributed by atoms with van der Waals surface area (Å²) < 4.78 is 10.6. The monoisotopic (exact) mass is 343 g/mol. The highest BCUT2D eigenvalue weighted by molar-refractivity contribution is 5.98. The molecule has 0 spiro atoms. The van der Waals surface area contributed by atoms with E-state index >= 15 is 0 Å². The Morgan fingerprint density at radius 2 is 2.08 bits per heavy atom. The third kappa shape index (κ3) is 4.02. The van der Waals surface area contributed by atoms with Gasteiger partial charge in [-0.2, -0.15) is 5.10 Å². The van der Waals surface area contributed by atoms with Gasteiger partial charge in [-0.1, -0.05) is 0 Å². The highest BCUT2D eigenvalue weighted by atomic mass is 16.5. The van der Waals surface area contributed by atoms with Gasteiger partial charge < -0.3 is 9.47 Å². The van der Waals surface area contributed by atoms with Crippen LogP contribution in [0.15, 0.2) is 24.3 Å². The van der Waals surface area contributed by atoms with Gasteiger partial charge in [-0.15, -0.1) is 0 Å². The zero-order chi connectivity index (χ0) is 17.8. The van der Waals surface area contributed by atoms with E-state index in [-0.39, 0.29) is 11.7 Å². The largest absolute Gasteiger partial charge is 0.493 e. The SMILES string of the molecule is COc1ccc(C(=O)[C@@H]2CCCN(Cc3cc(C)[nH]n3)C2)cc1OC. The number of hydrogen-bond donors (Lipinski definition) is 1. The lowest BCUT2D eigenvalue weighted by Crippen LogP contribution is -2.38. The molecule has 0 saturated carbocycles. The Morgan fingerprint density at radius 1 is 1.28 bits per heavy atom. The van der Waals surface area contributed by atoms with Crippen LogP contribution < -0.4 is 9.47 Å². The highest BCUT2D eigenvalue weighted by Gasteiger charge is 2.27. The van der Waals surface area contributed by atoms with Gasteiger partial charge in [0.15, 0.2) is 17.3 Å². The fourth-order valence-corrected chi connectivity index (χ4v) is 3.42. The quantitative estimate of drug-likeness (QED) is 0.817. The number of H-pyrrole nitrogens is 1. The molecule has 6 nitrogen and oxygen atoms in total. The summed E-state index contributed by atoms with van der Waals surface area (Å²) in [7, 11) is 3.18. The minimum absolute atomic E-state index is 0.00638. The van der Waals surface area contributed by atoms with Crippen molar-refractivity contribution in [2.24, 2.45) is 5.92 Å². The van der Waals surface area contributed by atoms with Crippen molar-refractivity contribution in [3.63, 3.8) is 0 Å². The molecule has 1 N–H and O–H groups in total. The maximum Gasteiger partial charge on any atom is 0.167 e. The maximum absolute atomic E-state index is 12.9. The molecule has 0 aliphatic carbocycles. The van der Waals surface area contributed by atoms with E-state index in [1.54, 1.807) is 26.4 Å². The number of nitrogens with one attached hydrogen (secondary N) is 1. The van der Waals surface area contributed by atoms with E-state index in [0.717, 1.165) is 43.9 Å². The molecule has 0 unspecified atom stereocenters. The number of aryl methyl sites for hydroxylation is 1. The van der Waals surface area contributed by atoms with Crippen LogP contribution in [0.2, 0.25) is 0 Å². The number of piperidine rings is 1. The second-order valence-electron chi connectivity index (χ2n) is 6.55. The van der Waals surface area contributed by atoms with Crippen molar-refractivity contribution in [3.8, 4) is 11.5 Å². The number of benzene rings is 1. The third-order valence-corrected chi connectivity index (χ3v) is 4.69. The third-order valence-electron chi connectivity index (χ3n) is 4.69. The molecule has 2 heterocycles. The maximum atomic E-state index is 12.9. The van der Waals surface area contributed by atoms with E-state index in [4.69, 9.17) is 9.47 Å². The first-order valence-electron chi connectivity index (χ1n) is 8.60. The van der Waals surface area contributed by atoms with Gasteiger partial charge in [0.1, 0.15) is 0 Å². The number of hydrogen-bond acceptors (Lipinski definition) is 5. The standard InChI is InChI=1S/C19H25N3O3/c1-13-9-16(21-20-13)12-22-8-4-5-15(11-22)19(23)14-6-7-17(24-2)18(10-14)25-3/h6-7,9-10,15H,4-5,8,11-12H2,1-3H3,(H,20,21)/t15-/m1/s1. The molecule has 6 heteroatoms. The molecule has 1 saturated heterocycles. The van der Waals surface area contributed by atoms with Gasteiger partial charge in [-0.25, -0.2) is 0 Å². The summed E-state index contributed by atoms with van der Waals surface area (Å²) in [4.78, 5) is 15.2. The van der Waals surface area contributed by atoms with Crippen LogP contribution in [0.1, 0.15) is 34.6 Å². The number of rotatable bonds is 6. The van der Waals surface area contributed by atoms with Crippen LogP contribution in [-0.4, -0.2) is 48.2 Å². The first kappa shape index (κ1) is 17.5. The molecule has 1 aromatic carbocycles. The zero-order valence-corrected chi connectivity index (χ0v) is 15.0. The first-order chi connectivity index (χ1) is 12.1. The summed E-state index contributed by atoms with van der Waals surface area (Å²) >= 11 is 0. The number of likely N-dealkylation sites (tertiary alicyclic amines) is 1. The second kappa shape index (κ2) is 7.70. The predicted molar refractivity (Wildman–Crippen MR) is 95.2 cm³/mol. The van der Waals surface area contributed by atoms with Crippen molar-refractivity contribution >= 4 is 5.78 Å². The number of aromatic amines is 1. The van der Waals surface area contributed by atoms with Crippen LogP contribution in [0.5, 0.6) is 11.5 Å². The number of methoxy groups -OCH3 is 2. The van der Waals surface area contributed by atoms with E-state index in [1.165, 1.54) is 0 Å². The number of ether oxygens (including phenoxy) is 2. The highest BCUT2D eigenvalue weighted by Crippen LogP contribution is 2.30. The Bertz CT molecular complexity index is 741. The van der Waals surface area contributed by atoms with Gasteiger partial charge >= 0.3 is 0 Å². The molecule has 25 heavy (non-hydrogen) atoms. The van der Waals surface area contributed by atoms with Crippen molar-refractivity contribution in [1.82, 2.24) is 15.1 Å². The molecular formula is C19H25N3O3. The summed E-state index contributed by atoms with van der Waals surface area (Å²) in [6.45, 7) is 4.54. The average Bonchev–Trinajstić information content (AvgIpc) is 3.05. The number of Topliss-reactive ketones (excluding diaryl/α,β-unsaturated/α-hetero) is 1. The molecular weight excluding hydrogens is 318 g/mol. The van der Waals surface area contributed by atoms with Gasteiger partial charge in [0, 0.05) is 30.3 Å². The van der Waals surface area contributed by atoms with Crippen molar-refractivity contribution in [3.05, 3.63) is 41.2 Å². The molecule has 1 aliphatic heterocycles. The number of carbonyl (C=O) groups excluding carboxylic acids is 1. The summed E-state index contributed by atoms with van der Waals surface area (Å²) in [6.07, 6.45) is 1.94. The molecule has 0 radical (unpaired) electrons. The normalized spacial score (nSPS) is 18.1. The Balaban J connectivity index is 1.69. The Morgan fingerprint density at radius 3 is 2.76 bits per heavy atom. The number of ketones is 1. The van der Waals surface area contributed by atoms with Gasteiger partial charge in [0.2, 0.25) is 0 Å². The first-order valence-corrected chi connectivity index (χ1v) is 8.60. The van der Waals surface area contributed by atoms with Crippen LogP contribution in [0.3, 0.4) is 0 Å². The lowest BCUT2D eigenvalue weighted by atomic mass is 9.89. The molecule has 134 valence electrons. The fraction of sp³-hybridized carbons (Fsp3) is 0.474. The smallest absolute Gasteiger partial charge is 0.167 e. The van der Waals surface area contributed by atoms with Crippen molar-refractivity contribution in [1.29, 1.82) is 0 Å². The Hall–Kier alpha value is -2.34. The van der Waals surface area contributed by atoms with E-state index < -0.39 is 0 Å². The summed E-state index contributed by atoms with van der Waals surface area (Å²) in [5.74, 6) is 1.40. The van der Waals surface area contributed by atoms with Gasteiger partial charge in [0.25, 0.3) is 0 Å². The van der Waals surface area contributed by atoms with E-state index in [9.17, 15) is 4.79 Å². The summed E-state index contributed by atoms with van der Waals surface area (Å²) in [5, 5.41) is 7.27. The minimum Gasteiger partial charge on any atom is -0.493 e. The van der Waals surface area contributed by atoms with E-state index in [2.05, 4.69) is 21.2 Å². The van der Waals surface area contributed by atoms with Gasteiger partial charge in [0.05, 0.1) is 19.9 Å². The molecule has 2 aromatic rings. The Kier molecular flexibility index (Phi) is 5.38. The predicted octanol–water partition coefficient (Wildman–Crippen LogP) is 2.83. The zero-order valence-electron chi connectivity index (χ0n) is 15.0. The Labute approximate surface area is 148 Å².